The van der Waals surface area contributed by atoms with Crippen LogP contribution < -0.4 is 5.32 Å². The van der Waals surface area contributed by atoms with E-state index in [0.29, 0.717) is 12.0 Å². The summed E-state index contributed by atoms with van der Waals surface area (Å²) in [6.45, 7) is 6.14. The van der Waals surface area contributed by atoms with Gasteiger partial charge in [0.2, 0.25) is 0 Å². The van der Waals surface area contributed by atoms with E-state index in [-0.39, 0.29) is 11.3 Å². The highest BCUT2D eigenvalue weighted by Gasteiger charge is 2.49. The Hall–Kier alpha value is -0.570. The molecule has 0 aromatic heterocycles. The van der Waals surface area contributed by atoms with Gasteiger partial charge in [-0.05, 0) is 36.5 Å². The lowest BCUT2D eigenvalue weighted by atomic mass is 9.61. The Morgan fingerprint density at radius 2 is 1.87 bits per heavy atom. The fourth-order valence-electron chi connectivity index (χ4n) is 3.10. The highest BCUT2D eigenvalue weighted by Crippen LogP contribution is 2.50. The zero-order valence-corrected chi connectivity index (χ0v) is 9.68. The van der Waals surface area contributed by atoms with E-state index in [2.05, 4.69) is 19.2 Å². The first-order valence-electron chi connectivity index (χ1n) is 5.89. The van der Waals surface area contributed by atoms with Gasteiger partial charge in [-0.2, -0.15) is 0 Å². The van der Waals surface area contributed by atoms with Crippen LogP contribution in [-0.2, 0) is 4.79 Å². The summed E-state index contributed by atoms with van der Waals surface area (Å²) in [7, 11) is 0. The van der Waals surface area contributed by atoms with Crippen molar-refractivity contribution in [2.45, 2.75) is 39.5 Å². The first-order valence-corrected chi connectivity index (χ1v) is 5.89. The van der Waals surface area contributed by atoms with E-state index in [9.17, 15) is 9.90 Å². The van der Waals surface area contributed by atoms with Crippen LogP contribution in [0.4, 0.5) is 0 Å². The lowest BCUT2D eigenvalue weighted by molar-refractivity contribution is -0.146. The summed E-state index contributed by atoms with van der Waals surface area (Å²) in [6, 6.07) is 0. The molecule has 1 aliphatic carbocycles. The van der Waals surface area contributed by atoms with E-state index in [1.807, 2.05) is 0 Å². The molecule has 0 amide bonds. The third kappa shape index (κ3) is 1.89. The molecule has 1 saturated heterocycles. The van der Waals surface area contributed by atoms with Gasteiger partial charge in [0.15, 0.2) is 0 Å². The fourth-order valence-corrected chi connectivity index (χ4v) is 3.10. The molecule has 2 rings (SSSR count). The maximum absolute atomic E-state index is 11.2. The van der Waals surface area contributed by atoms with Gasteiger partial charge >= 0.3 is 5.97 Å². The van der Waals surface area contributed by atoms with Crippen molar-refractivity contribution in [1.29, 1.82) is 0 Å². The number of hydrogen-bond acceptors (Lipinski definition) is 2. The Labute approximate surface area is 91.2 Å². The van der Waals surface area contributed by atoms with Crippen molar-refractivity contribution in [3.63, 3.8) is 0 Å². The van der Waals surface area contributed by atoms with Crippen molar-refractivity contribution in [3.05, 3.63) is 0 Å². The fraction of sp³-hybridized carbons (Fsp3) is 0.917. The first kappa shape index (κ1) is 10.9. The van der Waals surface area contributed by atoms with Gasteiger partial charge in [0.1, 0.15) is 0 Å². The second kappa shape index (κ2) is 3.48. The molecule has 86 valence electrons. The molecular weight excluding hydrogens is 190 g/mol. The van der Waals surface area contributed by atoms with Crippen molar-refractivity contribution in [3.8, 4) is 0 Å². The smallest absolute Gasteiger partial charge is 0.308 e. The summed E-state index contributed by atoms with van der Waals surface area (Å²) in [5.41, 5.74) is 0.470. The van der Waals surface area contributed by atoms with Crippen molar-refractivity contribution >= 4 is 5.97 Å². The summed E-state index contributed by atoms with van der Waals surface area (Å²) in [5.74, 6) is -0.770. The molecule has 2 N–H and O–H groups in total. The van der Waals surface area contributed by atoms with Gasteiger partial charge in [-0.1, -0.05) is 13.8 Å². The minimum atomic E-state index is -0.611. The van der Waals surface area contributed by atoms with Crippen molar-refractivity contribution in [1.82, 2.24) is 5.32 Å². The topological polar surface area (TPSA) is 49.3 Å². The molecule has 1 spiro atoms. The minimum Gasteiger partial charge on any atom is -0.481 e. The molecule has 1 heterocycles. The predicted octanol–water partition coefficient (Wildman–Crippen LogP) is 1.88. The molecule has 2 fully saturated rings. The van der Waals surface area contributed by atoms with Crippen molar-refractivity contribution in [2.75, 3.05) is 13.1 Å². The van der Waals surface area contributed by atoms with Crippen LogP contribution in [0.15, 0.2) is 0 Å². The maximum Gasteiger partial charge on any atom is 0.308 e. The van der Waals surface area contributed by atoms with Crippen LogP contribution in [0.2, 0.25) is 0 Å². The van der Waals surface area contributed by atoms with Crippen LogP contribution in [0, 0.1) is 16.7 Å². The Morgan fingerprint density at radius 3 is 2.40 bits per heavy atom. The molecule has 3 nitrogen and oxygen atoms in total. The van der Waals surface area contributed by atoms with E-state index in [1.54, 1.807) is 0 Å². The van der Waals surface area contributed by atoms with Gasteiger partial charge in [0, 0.05) is 13.1 Å². The summed E-state index contributed by atoms with van der Waals surface area (Å²) < 4.78 is 0. The molecule has 2 aliphatic rings. The molecule has 3 heteroatoms. The van der Waals surface area contributed by atoms with Crippen molar-refractivity contribution < 1.29 is 9.90 Å². The number of aliphatic carboxylic acids is 1. The van der Waals surface area contributed by atoms with Crippen LogP contribution in [0.25, 0.3) is 0 Å². The molecule has 1 saturated carbocycles. The molecule has 0 aromatic carbocycles. The van der Waals surface area contributed by atoms with E-state index >= 15 is 0 Å². The van der Waals surface area contributed by atoms with Crippen LogP contribution in [0.1, 0.15) is 39.5 Å². The van der Waals surface area contributed by atoms with Gasteiger partial charge in [-0.3, -0.25) is 4.79 Å². The maximum atomic E-state index is 11.2. The summed E-state index contributed by atoms with van der Waals surface area (Å²) >= 11 is 0. The van der Waals surface area contributed by atoms with Crippen LogP contribution in [0.5, 0.6) is 0 Å². The number of carbonyl (C=O) groups is 1. The van der Waals surface area contributed by atoms with Crippen LogP contribution in [0.3, 0.4) is 0 Å². The van der Waals surface area contributed by atoms with Gasteiger partial charge in [-0.15, -0.1) is 0 Å². The Bertz CT molecular complexity index is 263. The molecule has 1 unspecified atom stereocenters. The normalized spacial score (nSPS) is 33.1. The monoisotopic (exact) mass is 211 g/mol. The lowest BCUT2D eigenvalue weighted by Gasteiger charge is -2.43. The Morgan fingerprint density at radius 1 is 1.27 bits per heavy atom. The number of carboxylic acids is 1. The second-order valence-corrected chi connectivity index (χ2v) is 6.05. The molecule has 1 atom stereocenters. The molecule has 0 bridgehead atoms. The standard InChI is InChI=1S/C12H21NO2/c1-11(2)3-5-12(6-4-11)8-13-7-9(12)10(14)15/h9,13H,3-8H2,1-2H3,(H,14,15). The largest absolute Gasteiger partial charge is 0.481 e. The number of rotatable bonds is 1. The highest BCUT2D eigenvalue weighted by atomic mass is 16.4. The van der Waals surface area contributed by atoms with E-state index in [1.165, 1.54) is 12.8 Å². The highest BCUT2D eigenvalue weighted by molar-refractivity contribution is 5.72. The summed E-state index contributed by atoms with van der Waals surface area (Å²) in [4.78, 5) is 11.2. The van der Waals surface area contributed by atoms with Gasteiger partial charge in [-0.25, -0.2) is 0 Å². The van der Waals surface area contributed by atoms with Crippen LogP contribution in [-0.4, -0.2) is 24.2 Å². The lowest BCUT2D eigenvalue weighted by Crippen LogP contribution is -2.40. The van der Waals surface area contributed by atoms with Crippen molar-refractivity contribution in [2.24, 2.45) is 16.7 Å². The summed E-state index contributed by atoms with van der Waals surface area (Å²) in [5, 5.41) is 12.5. The van der Waals surface area contributed by atoms with E-state index in [0.717, 1.165) is 19.4 Å². The first-order chi connectivity index (χ1) is 6.95. The molecular formula is C12H21NO2. The zero-order chi connectivity index (χ0) is 11.1. The van der Waals surface area contributed by atoms with E-state index < -0.39 is 5.97 Å². The molecule has 1 aliphatic heterocycles. The zero-order valence-electron chi connectivity index (χ0n) is 9.68. The second-order valence-electron chi connectivity index (χ2n) is 6.05. The quantitative estimate of drug-likeness (QED) is 0.696. The number of hydrogen-bond donors (Lipinski definition) is 2. The molecule has 15 heavy (non-hydrogen) atoms. The predicted molar refractivity (Wildman–Crippen MR) is 58.7 cm³/mol. The number of nitrogens with one attached hydrogen (secondary N) is 1. The van der Waals surface area contributed by atoms with E-state index in [4.69, 9.17) is 0 Å². The van der Waals surface area contributed by atoms with Crippen LogP contribution >= 0.6 is 0 Å². The Balaban J connectivity index is 2.11. The average molecular weight is 211 g/mol. The SMILES string of the molecule is CC1(C)CCC2(CC1)CNCC2C(=O)O. The number of carboxylic acid groups (broad SMARTS) is 1. The van der Waals surface area contributed by atoms with Gasteiger partial charge < -0.3 is 10.4 Å². The summed E-state index contributed by atoms with van der Waals surface area (Å²) in [6.07, 6.45) is 4.48. The third-order valence-corrected chi connectivity index (χ3v) is 4.46. The molecule has 0 radical (unpaired) electrons. The molecule has 0 aromatic rings. The average Bonchev–Trinajstić information content (AvgIpc) is 2.55. The third-order valence-electron chi connectivity index (χ3n) is 4.46. The minimum absolute atomic E-state index is 0.0569. The van der Waals surface area contributed by atoms with Gasteiger partial charge in [0.25, 0.3) is 0 Å². The van der Waals surface area contributed by atoms with Gasteiger partial charge in [0.05, 0.1) is 5.92 Å². The Kier molecular flexibility index (Phi) is 2.53.